The summed E-state index contributed by atoms with van der Waals surface area (Å²) in [5.74, 6) is 0.677. The van der Waals surface area contributed by atoms with Gasteiger partial charge >= 0.3 is 0 Å². The van der Waals surface area contributed by atoms with Gasteiger partial charge in [-0.25, -0.2) is 12.8 Å². The molecule has 0 radical (unpaired) electrons. The number of nitrogens with zero attached hydrogens (tertiary/aromatic N) is 2. The number of sulfonamides is 1. The summed E-state index contributed by atoms with van der Waals surface area (Å²) < 4.78 is 39.9. The van der Waals surface area contributed by atoms with Gasteiger partial charge in [-0.2, -0.15) is 4.31 Å². The summed E-state index contributed by atoms with van der Waals surface area (Å²) in [6.07, 6.45) is 0. The number of rotatable bonds is 6. The van der Waals surface area contributed by atoms with E-state index in [9.17, 15) is 12.8 Å². The Kier molecular flexibility index (Phi) is 6.34. The van der Waals surface area contributed by atoms with E-state index in [1.54, 1.807) is 40.3 Å². The van der Waals surface area contributed by atoms with Crippen LogP contribution in [0.4, 0.5) is 4.39 Å². The molecule has 140 valence electrons. The highest BCUT2D eigenvalue weighted by Gasteiger charge is 2.28. The number of piperazine rings is 1. The monoisotopic (exact) mass is 394 g/mol. The molecular weight excluding hydrogens is 371 g/mol. The lowest BCUT2D eigenvalue weighted by atomic mass is 10.2. The Hall–Kier alpha value is -1.41. The molecule has 0 bridgehead atoms. The zero-order valence-corrected chi connectivity index (χ0v) is 16.4. The molecular formula is C19H23FN2O2S2. The lowest BCUT2D eigenvalue weighted by Crippen LogP contribution is -2.49. The van der Waals surface area contributed by atoms with Gasteiger partial charge in [0.2, 0.25) is 10.0 Å². The molecule has 0 aliphatic carbocycles. The lowest BCUT2D eigenvalue weighted by molar-refractivity contribution is 0.197. The average molecular weight is 395 g/mol. The van der Waals surface area contributed by atoms with Gasteiger partial charge in [0.1, 0.15) is 5.82 Å². The Labute approximate surface area is 159 Å². The van der Waals surface area contributed by atoms with E-state index in [-0.39, 0.29) is 5.82 Å². The minimum atomic E-state index is -3.40. The summed E-state index contributed by atoms with van der Waals surface area (Å²) >= 11 is 1.69. The topological polar surface area (TPSA) is 40.6 Å². The first-order valence-corrected chi connectivity index (χ1v) is 11.1. The summed E-state index contributed by atoms with van der Waals surface area (Å²) in [6.45, 7) is 5.32. The maximum Gasteiger partial charge on any atom is 0.243 e. The van der Waals surface area contributed by atoms with E-state index in [0.717, 1.165) is 35.8 Å². The summed E-state index contributed by atoms with van der Waals surface area (Å²) in [4.78, 5) is 3.69. The van der Waals surface area contributed by atoms with Gasteiger partial charge in [0.25, 0.3) is 0 Å². The quantitative estimate of drug-likeness (QED) is 0.706. The molecule has 2 aromatic rings. The van der Waals surface area contributed by atoms with Crippen LogP contribution < -0.4 is 0 Å². The predicted octanol–water partition coefficient (Wildman–Crippen LogP) is 3.23. The van der Waals surface area contributed by atoms with E-state index in [1.165, 1.54) is 12.1 Å². The second-order valence-electron chi connectivity index (χ2n) is 6.36. The minimum Gasteiger partial charge on any atom is -0.300 e. The van der Waals surface area contributed by atoms with Crippen LogP contribution in [0, 0.1) is 12.7 Å². The van der Waals surface area contributed by atoms with Crippen LogP contribution in [0.1, 0.15) is 5.56 Å². The Bertz CT molecular complexity index is 816. The van der Waals surface area contributed by atoms with Gasteiger partial charge in [-0.05, 0) is 43.3 Å². The smallest absolute Gasteiger partial charge is 0.243 e. The first kappa shape index (κ1) is 19.4. The van der Waals surface area contributed by atoms with Crippen molar-refractivity contribution in [3.8, 4) is 0 Å². The second-order valence-corrected chi connectivity index (χ2v) is 9.47. The molecule has 26 heavy (non-hydrogen) atoms. The molecule has 0 spiro atoms. The highest BCUT2D eigenvalue weighted by molar-refractivity contribution is 7.99. The molecule has 4 nitrogen and oxygen atoms in total. The summed E-state index contributed by atoms with van der Waals surface area (Å²) in [5, 5.41) is 0. The molecule has 1 fully saturated rings. The highest BCUT2D eigenvalue weighted by Crippen LogP contribution is 2.20. The molecule has 1 saturated heterocycles. The van der Waals surface area contributed by atoms with Crippen LogP contribution in [0.3, 0.4) is 0 Å². The number of halogens is 1. The van der Waals surface area contributed by atoms with Crippen molar-refractivity contribution in [2.24, 2.45) is 0 Å². The van der Waals surface area contributed by atoms with Gasteiger partial charge in [0.05, 0.1) is 4.90 Å². The fraction of sp³-hybridized carbons (Fsp3) is 0.368. The lowest BCUT2D eigenvalue weighted by Gasteiger charge is -2.33. The summed E-state index contributed by atoms with van der Waals surface area (Å²) in [7, 11) is -3.40. The van der Waals surface area contributed by atoms with Gasteiger partial charge in [0, 0.05) is 43.4 Å². The molecule has 0 aromatic heterocycles. The molecule has 0 unspecified atom stereocenters. The van der Waals surface area contributed by atoms with Gasteiger partial charge in [-0.3, -0.25) is 4.90 Å². The van der Waals surface area contributed by atoms with Crippen LogP contribution in [0.25, 0.3) is 0 Å². The third kappa shape index (κ3) is 4.85. The molecule has 0 amide bonds. The van der Waals surface area contributed by atoms with Crippen molar-refractivity contribution in [3.05, 3.63) is 59.9 Å². The van der Waals surface area contributed by atoms with Crippen molar-refractivity contribution in [1.82, 2.24) is 9.21 Å². The number of aryl methyl sites for hydroxylation is 1. The van der Waals surface area contributed by atoms with Crippen LogP contribution in [0.2, 0.25) is 0 Å². The van der Waals surface area contributed by atoms with Crippen molar-refractivity contribution in [3.63, 3.8) is 0 Å². The van der Waals surface area contributed by atoms with E-state index < -0.39 is 10.0 Å². The molecule has 3 rings (SSSR count). The second kappa shape index (κ2) is 8.52. The van der Waals surface area contributed by atoms with E-state index >= 15 is 0 Å². The van der Waals surface area contributed by atoms with Crippen LogP contribution in [-0.4, -0.2) is 56.1 Å². The van der Waals surface area contributed by atoms with Crippen molar-refractivity contribution in [1.29, 1.82) is 0 Å². The minimum absolute atomic E-state index is 0.222. The Morgan fingerprint density at radius 2 is 1.58 bits per heavy atom. The fourth-order valence-corrected chi connectivity index (χ4v) is 5.21. The molecule has 0 N–H and O–H groups in total. The first-order valence-electron chi connectivity index (χ1n) is 8.63. The highest BCUT2D eigenvalue weighted by atomic mass is 32.2. The van der Waals surface area contributed by atoms with Gasteiger partial charge < -0.3 is 0 Å². The number of hydrogen-bond donors (Lipinski definition) is 0. The molecule has 1 aliphatic heterocycles. The summed E-state index contributed by atoms with van der Waals surface area (Å²) in [5.41, 5.74) is 1.05. The van der Waals surface area contributed by atoms with Crippen molar-refractivity contribution in [2.45, 2.75) is 16.7 Å². The van der Waals surface area contributed by atoms with Crippen molar-refractivity contribution < 1.29 is 12.8 Å². The summed E-state index contributed by atoms with van der Waals surface area (Å²) in [6, 6.07) is 13.5. The van der Waals surface area contributed by atoms with E-state index in [2.05, 4.69) is 4.90 Å². The van der Waals surface area contributed by atoms with Gasteiger partial charge in [0.15, 0.2) is 0 Å². The molecule has 2 aromatic carbocycles. The van der Waals surface area contributed by atoms with Crippen LogP contribution in [0.15, 0.2) is 58.3 Å². The Morgan fingerprint density at radius 1 is 0.962 bits per heavy atom. The molecule has 0 atom stereocenters. The molecule has 0 saturated carbocycles. The molecule has 1 heterocycles. The van der Waals surface area contributed by atoms with Crippen LogP contribution >= 0.6 is 11.8 Å². The zero-order chi connectivity index (χ0) is 18.6. The van der Waals surface area contributed by atoms with Crippen LogP contribution in [0.5, 0.6) is 0 Å². The van der Waals surface area contributed by atoms with E-state index in [0.29, 0.717) is 18.0 Å². The fourth-order valence-electron chi connectivity index (χ4n) is 2.88. The number of thioether (sulfide) groups is 1. The largest absolute Gasteiger partial charge is 0.300 e. The van der Waals surface area contributed by atoms with Crippen LogP contribution in [-0.2, 0) is 10.0 Å². The Balaban J connectivity index is 1.47. The van der Waals surface area contributed by atoms with E-state index in [4.69, 9.17) is 0 Å². The first-order chi connectivity index (χ1) is 12.4. The third-order valence-electron chi connectivity index (χ3n) is 4.48. The molecule has 7 heteroatoms. The van der Waals surface area contributed by atoms with Gasteiger partial charge in [-0.1, -0.05) is 17.7 Å². The number of benzene rings is 2. The Morgan fingerprint density at radius 3 is 2.19 bits per heavy atom. The van der Waals surface area contributed by atoms with Crippen molar-refractivity contribution in [2.75, 3.05) is 38.5 Å². The number of hydrogen-bond acceptors (Lipinski definition) is 4. The van der Waals surface area contributed by atoms with Crippen molar-refractivity contribution >= 4 is 21.8 Å². The van der Waals surface area contributed by atoms with E-state index in [1.807, 2.05) is 19.1 Å². The predicted molar refractivity (Wildman–Crippen MR) is 104 cm³/mol. The maximum absolute atomic E-state index is 12.9. The average Bonchev–Trinajstić information content (AvgIpc) is 2.64. The third-order valence-corrected chi connectivity index (χ3v) is 7.38. The maximum atomic E-state index is 12.9. The normalized spacial score (nSPS) is 16.7. The zero-order valence-electron chi connectivity index (χ0n) is 14.8. The standard InChI is InChI=1S/C19H23FN2O2S2/c1-16-2-8-19(9-3-16)26(23,24)22-12-10-21(11-13-22)14-15-25-18-6-4-17(20)5-7-18/h2-9H,10-15H2,1H3. The molecule has 1 aliphatic rings. The SMILES string of the molecule is Cc1ccc(S(=O)(=O)N2CCN(CCSc3ccc(F)cc3)CC2)cc1. The van der Waals surface area contributed by atoms with Gasteiger partial charge in [-0.15, -0.1) is 11.8 Å².